The molecule has 0 spiro atoms. The van der Waals surface area contributed by atoms with E-state index in [1.807, 2.05) is 0 Å². The molecular formula is C21H22ClF2N3O2. The molecule has 1 saturated heterocycles. The van der Waals surface area contributed by atoms with Crippen LogP contribution in [-0.2, 0) is 9.59 Å². The fourth-order valence-electron chi connectivity index (χ4n) is 3.44. The van der Waals surface area contributed by atoms with Gasteiger partial charge in [0, 0.05) is 31.1 Å². The lowest BCUT2D eigenvalue weighted by molar-refractivity contribution is -0.137. The molecule has 2 aliphatic rings. The molecule has 2 amide bonds. The number of benzene rings is 1. The number of amides is 2. The average Bonchev–Trinajstić information content (AvgIpc) is 3.12. The zero-order valence-electron chi connectivity index (χ0n) is 16.3. The van der Waals surface area contributed by atoms with Gasteiger partial charge in [0.05, 0.1) is 11.6 Å². The summed E-state index contributed by atoms with van der Waals surface area (Å²) in [5.41, 5.74) is 2.02. The van der Waals surface area contributed by atoms with Gasteiger partial charge in [-0.2, -0.15) is 0 Å². The predicted molar refractivity (Wildman–Crippen MR) is 108 cm³/mol. The van der Waals surface area contributed by atoms with Crippen LogP contribution in [0.2, 0.25) is 5.02 Å². The lowest BCUT2D eigenvalue weighted by atomic mass is 10.0. The third-order valence-electron chi connectivity index (χ3n) is 5.15. The Balaban J connectivity index is 1.96. The molecule has 0 radical (unpaired) electrons. The minimum atomic E-state index is -1.02. The molecule has 0 aliphatic carbocycles. The second-order valence-electron chi connectivity index (χ2n) is 7.08. The third-order valence-corrected chi connectivity index (χ3v) is 5.44. The van der Waals surface area contributed by atoms with Crippen LogP contribution in [-0.4, -0.2) is 59.4 Å². The van der Waals surface area contributed by atoms with Gasteiger partial charge in [-0.3, -0.25) is 9.59 Å². The number of likely N-dealkylation sites (tertiary alicyclic amines) is 1. The van der Waals surface area contributed by atoms with E-state index in [-0.39, 0.29) is 24.0 Å². The van der Waals surface area contributed by atoms with E-state index in [1.54, 1.807) is 25.1 Å². The highest BCUT2D eigenvalue weighted by molar-refractivity contribution is 6.31. The van der Waals surface area contributed by atoms with Gasteiger partial charge in [0.2, 0.25) is 5.91 Å². The van der Waals surface area contributed by atoms with E-state index in [0.29, 0.717) is 29.8 Å². The number of alkyl halides is 1. The Kier molecular flexibility index (Phi) is 6.07. The van der Waals surface area contributed by atoms with E-state index in [0.717, 1.165) is 5.70 Å². The van der Waals surface area contributed by atoms with Gasteiger partial charge in [0.1, 0.15) is 24.2 Å². The lowest BCUT2D eigenvalue weighted by Gasteiger charge is -2.34. The quantitative estimate of drug-likeness (QED) is 0.698. The summed E-state index contributed by atoms with van der Waals surface area (Å²) in [7, 11) is 1.72. The summed E-state index contributed by atoms with van der Waals surface area (Å²) in [6, 6.07) is 4.16. The Bertz CT molecular complexity index is 929. The first-order chi connectivity index (χ1) is 13.7. The first-order valence-electron chi connectivity index (χ1n) is 9.20. The normalized spacial score (nSPS) is 21.4. The van der Waals surface area contributed by atoms with Crippen molar-refractivity contribution >= 4 is 29.0 Å². The number of nitrogens with zero attached hydrogens (tertiary/aromatic N) is 3. The molecule has 0 saturated carbocycles. The Morgan fingerprint density at radius 2 is 2.14 bits per heavy atom. The average molecular weight is 422 g/mol. The zero-order chi connectivity index (χ0) is 21.3. The van der Waals surface area contributed by atoms with Crippen molar-refractivity contribution < 1.29 is 18.4 Å². The first kappa shape index (κ1) is 21.0. The topological polar surface area (TPSA) is 43.9 Å². The fourth-order valence-corrected chi connectivity index (χ4v) is 3.63. The van der Waals surface area contributed by atoms with Crippen molar-refractivity contribution in [1.82, 2.24) is 14.7 Å². The van der Waals surface area contributed by atoms with Crippen molar-refractivity contribution in [2.24, 2.45) is 0 Å². The largest absolute Gasteiger partial charge is 0.342 e. The Labute approximate surface area is 173 Å². The summed E-state index contributed by atoms with van der Waals surface area (Å²) in [4.78, 5) is 30.1. The molecular weight excluding hydrogens is 400 g/mol. The molecule has 2 heterocycles. The number of hydrogen-bond acceptors (Lipinski definition) is 3. The van der Waals surface area contributed by atoms with Crippen LogP contribution in [0.15, 0.2) is 48.4 Å². The van der Waals surface area contributed by atoms with Crippen LogP contribution < -0.4 is 0 Å². The number of hydrogen-bond donors (Lipinski definition) is 0. The Hall–Kier alpha value is -2.67. The highest BCUT2D eigenvalue weighted by Gasteiger charge is 2.33. The molecule has 1 atom stereocenters. The van der Waals surface area contributed by atoms with E-state index in [1.165, 1.54) is 34.1 Å². The maximum Gasteiger partial charge on any atom is 0.275 e. The van der Waals surface area contributed by atoms with Gasteiger partial charge in [0.25, 0.3) is 5.91 Å². The second-order valence-corrected chi connectivity index (χ2v) is 7.49. The van der Waals surface area contributed by atoms with Gasteiger partial charge in [0.15, 0.2) is 0 Å². The summed E-state index contributed by atoms with van der Waals surface area (Å²) < 4.78 is 27.0. The summed E-state index contributed by atoms with van der Waals surface area (Å²) in [5.74, 6) is -1.28. The van der Waals surface area contributed by atoms with Gasteiger partial charge in [-0.25, -0.2) is 8.78 Å². The van der Waals surface area contributed by atoms with E-state index in [2.05, 4.69) is 6.58 Å². The minimum Gasteiger partial charge on any atom is -0.342 e. The fraction of sp³-hybridized carbons (Fsp3) is 0.333. The molecule has 1 aromatic carbocycles. The molecule has 8 heteroatoms. The maximum atomic E-state index is 13.6. The standard InChI is InChI=1S/C21H22ClF2N3O2/c1-4-16(14-5-6-18(24)17(22)9-14)20-21(29)27(10-13(2)25(20)3)12-19(28)26-8-7-15(23)11-26/h4-6,9-10,15H,1,7-8,11-12H2,2-3H3/b20-16+. The number of carbonyl (C=O) groups is 2. The van der Waals surface area contributed by atoms with Crippen LogP contribution in [0.1, 0.15) is 18.9 Å². The molecule has 3 rings (SSSR count). The number of halogens is 3. The smallest absolute Gasteiger partial charge is 0.275 e. The molecule has 29 heavy (non-hydrogen) atoms. The number of likely N-dealkylation sites (N-methyl/N-ethyl adjacent to an activating group) is 1. The van der Waals surface area contributed by atoms with Crippen molar-refractivity contribution in [2.45, 2.75) is 19.5 Å². The minimum absolute atomic E-state index is 0.0537. The van der Waals surface area contributed by atoms with Crippen molar-refractivity contribution in [3.05, 3.63) is 64.9 Å². The van der Waals surface area contributed by atoms with E-state index in [9.17, 15) is 18.4 Å². The highest BCUT2D eigenvalue weighted by atomic mass is 35.5. The van der Waals surface area contributed by atoms with Crippen LogP contribution in [0.25, 0.3) is 5.57 Å². The van der Waals surface area contributed by atoms with Crippen molar-refractivity contribution in [3.63, 3.8) is 0 Å². The lowest BCUT2D eigenvalue weighted by Crippen LogP contribution is -2.45. The molecule has 2 aliphatic heterocycles. The Morgan fingerprint density at radius 3 is 2.72 bits per heavy atom. The molecule has 0 N–H and O–H groups in total. The zero-order valence-corrected chi connectivity index (χ0v) is 17.0. The molecule has 1 unspecified atom stereocenters. The van der Waals surface area contributed by atoms with Crippen LogP contribution in [0.4, 0.5) is 8.78 Å². The SMILES string of the molecule is C=C/C(=C1/C(=O)N(CC(=O)N2CCC(F)C2)C=C(C)N1C)c1ccc(F)c(Cl)c1. The molecule has 0 bridgehead atoms. The predicted octanol–water partition coefficient (Wildman–Crippen LogP) is 3.58. The number of carbonyl (C=O) groups excluding carboxylic acids is 2. The summed E-state index contributed by atoms with van der Waals surface area (Å²) in [6.45, 7) is 5.80. The summed E-state index contributed by atoms with van der Waals surface area (Å²) in [6.07, 6.45) is 2.38. The summed E-state index contributed by atoms with van der Waals surface area (Å²) in [5, 5.41) is -0.0672. The number of rotatable bonds is 4. The van der Waals surface area contributed by atoms with Gasteiger partial charge >= 0.3 is 0 Å². The molecule has 5 nitrogen and oxygen atoms in total. The van der Waals surface area contributed by atoms with Gasteiger partial charge in [-0.15, -0.1) is 0 Å². The summed E-state index contributed by atoms with van der Waals surface area (Å²) >= 11 is 5.90. The molecule has 154 valence electrons. The van der Waals surface area contributed by atoms with Crippen LogP contribution in [0.5, 0.6) is 0 Å². The van der Waals surface area contributed by atoms with Crippen molar-refractivity contribution in [3.8, 4) is 0 Å². The molecule has 1 fully saturated rings. The Morgan fingerprint density at radius 1 is 1.41 bits per heavy atom. The first-order valence-corrected chi connectivity index (χ1v) is 9.57. The molecule has 1 aromatic rings. The highest BCUT2D eigenvalue weighted by Crippen LogP contribution is 2.31. The van der Waals surface area contributed by atoms with Crippen LogP contribution in [0, 0.1) is 5.82 Å². The van der Waals surface area contributed by atoms with Crippen LogP contribution in [0.3, 0.4) is 0 Å². The molecule has 0 aromatic heterocycles. The second kappa shape index (κ2) is 8.37. The number of allylic oxidation sites excluding steroid dienone is 3. The van der Waals surface area contributed by atoms with E-state index in [4.69, 9.17) is 11.6 Å². The van der Waals surface area contributed by atoms with E-state index >= 15 is 0 Å². The van der Waals surface area contributed by atoms with Crippen LogP contribution >= 0.6 is 11.6 Å². The van der Waals surface area contributed by atoms with Gasteiger partial charge < -0.3 is 14.7 Å². The van der Waals surface area contributed by atoms with Crippen molar-refractivity contribution in [1.29, 1.82) is 0 Å². The van der Waals surface area contributed by atoms with Gasteiger partial charge in [-0.05, 0) is 31.0 Å². The van der Waals surface area contributed by atoms with Crippen molar-refractivity contribution in [2.75, 3.05) is 26.7 Å². The maximum absolute atomic E-state index is 13.6. The van der Waals surface area contributed by atoms with Gasteiger partial charge in [-0.1, -0.05) is 30.3 Å². The monoisotopic (exact) mass is 421 g/mol. The van der Waals surface area contributed by atoms with E-state index < -0.39 is 17.9 Å². The third kappa shape index (κ3) is 4.19.